The first-order chi connectivity index (χ1) is 12.3. The van der Waals surface area contributed by atoms with Gasteiger partial charge < -0.3 is 10.5 Å². The minimum Gasteiger partial charge on any atom is -0.417 e. The lowest BCUT2D eigenvalue weighted by Crippen LogP contribution is -2.23. The molecule has 4 rings (SSSR count). The summed E-state index contributed by atoms with van der Waals surface area (Å²) in [6.07, 6.45) is 0. The summed E-state index contributed by atoms with van der Waals surface area (Å²) < 4.78 is 1.28. The van der Waals surface area contributed by atoms with Crippen LogP contribution in [0.15, 0.2) is 78.9 Å². The van der Waals surface area contributed by atoms with Crippen molar-refractivity contribution in [2.24, 2.45) is 0 Å². The number of hydrogen-bond donors (Lipinski definition) is 2. The molecule has 0 aliphatic heterocycles. The van der Waals surface area contributed by atoms with Crippen LogP contribution in [0.4, 0.5) is 16.4 Å². The van der Waals surface area contributed by atoms with E-state index >= 15 is 0 Å². The molecule has 120 valence electrons. The summed E-state index contributed by atoms with van der Waals surface area (Å²) in [5, 5.41) is 9.63. The lowest BCUT2D eigenvalue weighted by atomic mass is 9.81. The molecule has 0 unspecified atom stereocenters. The van der Waals surface area contributed by atoms with Gasteiger partial charge in [0.1, 0.15) is 12.8 Å². The highest BCUT2D eigenvalue weighted by Gasteiger charge is 2.12. The number of para-hydroxylation sites is 1. The van der Waals surface area contributed by atoms with Gasteiger partial charge in [0.25, 0.3) is 7.41 Å². The van der Waals surface area contributed by atoms with Crippen molar-refractivity contribution >= 4 is 64.0 Å². The van der Waals surface area contributed by atoms with E-state index in [2.05, 4.69) is 91.2 Å². The molecule has 0 aliphatic rings. The smallest absolute Gasteiger partial charge is 0.267 e. The first kappa shape index (κ1) is 15.9. The largest absolute Gasteiger partial charge is 0.417 e. The minimum absolute atomic E-state index is 0.816. The summed E-state index contributed by atoms with van der Waals surface area (Å²) >= 11 is 1.79. The van der Waals surface area contributed by atoms with Crippen LogP contribution in [0.5, 0.6) is 0 Å². The Labute approximate surface area is 153 Å². The van der Waals surface area contributed by atoms with Gasteiger partial charge in [-0.25, -0.2) is 0 Å². The Morgan fingerprint density at radius 3 is 2.32 bits per heavy atom. The second-order valence-corrected chi connectivity index (χ2v) is 7.18. The monoisotopic (exact) mass is 340 g/mol. The predicted octanol–water partition coefficient (Wildman–Crippen LogP) is 2.99. The number of hydrogen-bond acceptors (Lipinski definition) is 3. The molecule has 0 saturated carbocycles. The molecular formula is C20H18B2N2S. The number of nitrogens with one attached hydrogen (secondary N) is 2. The van der Waals surface area contributed by atoms with E-state index < -0.39 is 0 Å². The molecule has 3 aromatic carbocycles. The van der Waals surface area contributed by atoms with Gasteiger partial charge in [-0.1, -0.05) is 71.6 Å². The minimum atomic E-state index is 0.816. The lowest BCUT2D eigenvalue weighted by Gasteiger charge is -2.10. The standard InChI is InChI=1S/C20H18B2N2S/c21-14-10-12-15(13-11-14)22-24-20-19(23-16-6-2-1-3-7-16)17-8-4-5-9-18(17)25-20/h1-13,22-24H,21H2. The van der Waals surface area contributed by atoms with E-state index in [1.54, 1.807) is 11.3 Å². The quantitative estimate of drug-likeness (QED) is 0.546. The van der Waals surface area contributed by atoms with Crippen LogP contribution in [-0.4, -0.2) is 15.3 Å². The Morgan fingerprint density at radius 1 is 0.800 bits per heavy atom. The summed E-state index contributed by atoms with van der Waals surface area (Å²) in [5.74, 6) is 0. The second-order valence-electron chi connectivity index (χ2n) is 6.13. The third-order valence-corrected chi connectivity index (χ3v) is 5.34. The molecule has 0 radical (unpaired) electrons. The van der Waals surface area contributed by atoms with Gasteiger partial charge in [-0.05, 0) is 18.2 Å². The van der Waals surface area contributed by atoms with Crippen molar-refractivity contribution in [1.29, 1.82) is 0 Å². The van der Waals surface area contributed by atoms with Crippen LogP contribution in [0.1, 0.15) is 0 Å². The molecule has 0 atom stereocenters. The Bertz CT molecular complexity index is 982. The van der Waals surface area contributed by atoms with Crippen LogP contribution >= 0.6 is 11.3 Å². The zero-order valence-electron chi connectivity index (χ0n) is 14.1. The SMILES string of the molecule is Bc1ccc(BNc2sc3ccccc3c2Nc2ccccc2)cc1. The van der Waals surface area contributed by atoms with Crippen molar-refractivity contribution in [3.63, 3.8) is 0 Å². The zero-order chi connectivity index (χ0) is 17.1. The van der Waals surface area contributed by atoms with E-state index in [1.165, 1.54) is 26.0 Å². The average Bonchev–Trinajstić information content (AvgIpc) is 3.00. The molecule has 1 aromatic heterocycles. The van der Waals surface area contributed by atoms with Gasteiger partial charge in [-0.15, -0.1) is 11.3 Å². The van der Waals surface area contributed by atoms with Crippen LogP contribution in [0.25, 0.3) is 10.1 Å². The van der Waals surface area contributed by atoms with E-state index in [9.17, 15) is 0 Å². The van der Waals surface area contributed by atoms with Gasteiger partial charge in [0.05, 0.1) is 5.69 Å². The molecule has 2 N–H and O–H groups in total. The van der Waals surface area contributed by atoms with Gasteiger partial charge in [0, 0.05) is 15.8 Å². The fourth-order valence-electron chi connectivity index (χ4n) is 2.85. The summed E-state index contributed by atoms with van der Waals surface area (Å²) in [4.78, 5) is 0. The lowest BCUT2D eigenvalue weighted by molar-refractivity contribution is 1.60. The predicted molar refractivity (Wildman–Crippen MR) is 117 cm³/mol. The molecule has 0 aliphatic carbocycles. The highest BCUT2D eigenvalue weighted by atomic mass is 32.1. The number of anilines is 3. The first-order valence-electron chi connectivity index (χ1n) is 8.42. The van der Waals surface area contributed by atoms with Gasteiger partial charge in [-0.2, -0.15) is 0 Å². The van der Waals surface area contributed by atoms with Crippen molar-refractivity contribution in [1.82, 2.24) is 0 Å². The van der Waals surface area contributed by atoms with Crippen molar-refractivity contribution in [2.45, 2.75) is 0 Å². The maximum absolute atomic E-state index is 3.61. The van der Waals surface area contributed by atoms with Crippen molar-refractivity contribution in [3.8, 4) is 0 Å². The molecule has 0 fully saturated rings. The van der Waals surface area contributed by atoms with E-state index in [0.29, 0.717) is 0 Å². The molecule has 2 nitrogen and oxygen atoms in total. The van der Waals surface area contributed by atoms with Gasteiger partial charge in [-0.3, -0.25) is 0 Å². The van der Waals surface area contributed by atoms with Gasteiger partial charge in [0.15, 0.2) is 0 Å². The van der Waals surface area contributed by atoms with E-state index in [4.69, 9.17) is 0 Å². The number of thiophene rings is 1. The molecule has 0 bridgehead atoms. The van der Waals surface area contributed by atoms with Crippen molar-refractivity contribution in [3.05, 3.63) is 78.9 Å². The fourth-order valence-corrected chi connectivity index (χ4v) is 3.90. The molecule has 1 heterocycles. The molecule has 25 heavy (non-hydrogen) atoms. The van der Waals surface area contributed by atoms with Crippen molar-refractivity contribution < 1.29 is 0 Å². The fraction of sp³-hybridized carbons (Fsp3) is 0. The van der Waals surface area contributed by atoms with E-state index in [1.807, 2.05) is 6.07 Å². The molecule has 5 heteroatoms. The molecule has 4 aromatic rings. The maximum Gasteiger partial charge on any atom is 0.267 e. The zero-order valence-corrected chi connectivity index (χ0v) is 14.9. The van der Waals surface area contributed by atoms with Crippen LogP contribution < -0.4 is 21.5 Å². The first-order valence-corrected chi connectivity index (χ1v) is 9.24. The molecular weight excluding hydrogens is 322 g/mol. The summed E-state index contributed by atoms with van der Waals surface area (Å²) in [7, 11) is 2.93. The number of benzene rings is 3. The highest BCUT2D eigenvalue weighted by Crippen LogP contribution is 2.41. The Balaban J connectivity index is 1.65. The number of fused-ring (bicyclic) bond motifs is 1. The Kier molecular flexibility index (Phi) is 4.49. The maximum atomic E-state index is 3.61. The van der Waals surface area contributed by atoms with Crippen LogP contribution in [0.3, 0.4) is 0 Å². The second kappa shape index (κ2) is 7.08. The molecule has 0 spiro atoms. The molecule has 0 saturated heterocycles. The normalized spacial score (nSPS) is 10.6. The highest BCUT2D eigenvalue weighted by molar-refractivity contribution is 7.24. The van der Waals surface area contributed by atoms with Crippen LogP contribution in [0.2, 0.25) is 0 Å². The number of rotatable bonds is 5. The summed E-state index contributed by atoms with van der Waals surface area (Å²) in [6, 6.07) is 27.5. The summed E-state index contributed by atoms with van der Waals surface area (Å²) in [6.45, 7) is 0. The molecule has 0 amide bonds. The van der Waals surface area contributed by atoms with Crippen molar-refractivity contribution in [2.75, 3.05) is 10.5 Å². The van der Waals surface area contributed by atoms with Crippen LogP contribution in [0, 0.1) is 0 Å². The average molecular weight is 340 g/mol. The Hall–Kier alpha value is -2.65. The third kappa shape index (κ3) is 3.57. The van der Waals surface area contributed by atoms with Crippen LogP contribution in [-0.2, 0) is 0 Å². The Morgan fingerprint density at radius 2 is 1.52 bits per heavy atom. The van der Waals surface area contributed by atoms with E-state index in [-0.39, 0.29) is 0 Å². The summed E-state index contributed by atoms with van der Waals surface area (Å²) in [5.41, 5.74) is 4.83. The topological polar surface area (TPSA) is 24.1 Å². The van der Waals surface area contributed by atoms with Gasteiger partial charge in [0.2, 0.25) is 0 Å². The third-order valence-electron chi connectivity index (χ3n) is 4.21. The van der Waals surface area contributed by atoms with Gasteiger partial charge >= 0.3 is 0 Å². The van der Waals surface area contributed by atoms with E-state index in [0.717, 1.165) is 18.8 Å².